The average Bonchev–Trinajstić information content (AvgIpc) is 3.30. The highest BCUT2D eigenvalue weighted by Gasteiger charge is 2.33. The zero-order valence-electron chi connectivity index (χ0n) is 12.9. The number of methoxy groups -OCH3 is 2. The molecule has 3 nitrogen and oxygen atoms in total. The minimum atomic E-state index is 0.442. The summed E-state index contributed by atoms with van der Waals surface area (Å²) < 4.78 is 10.6. The van der Waals surface area contributed by atoms with E-state index in [1.165, 1.54) is 24.8 Å². The summed E-state index contributed by atoms with van der Waals surface area (Å²) in [5, 5.41) is 3.81. The Bertz CT molecular complexity index is 380. The van der Waals surface area contributed by atoms with Crippen molar-refractivity contribution in [2.45, 2.75) is 44.7 Å². The number of hydrogen-bond donors (Lipinski definition) is 1. The molecule has 1 N–H and O–H groups in total. The van der Waals surface area contributed by atoms with Crippen LogP contribution in [-0.4, -0.2) is 26.9 Å². The lowest BCUT2D eigenvalue weighted by atomic mass is 10.00. The maximum atomic E-state index is 5.35. The number of hydrogen-bond acceptors (Lipinski definition) is 3. The second-order valence-corrected chi connectivity index (χ2v) is 5.70. The van der Waals surface area contributed by atoms with Crippen LogP contribution in [-0.2, 0) is 4.74 Å². The Balaban J connectivity index is 2.05. The van der Waals surface area contributed by atoms with E-state index in [-0.39, 0.29) is 0 Å². The van der Waals surface area contributed by atoms with Gasteiger partial charge in [-0.05, 0) is 42.9 Å². The van der Waals surface area contributed by atoms with Crippen LogP contribution in [0.15, 0.2) is 24.3 Å². The summed E-state index contributed by atoms with van der Waals surface area (Å²) in [7, 11) is 3.49. The highest BCUT2D eigenvalue weighted by Crippen LogP contribution is 2.41. The smallest absolute Gasteiger partial charge is 0.118 e. The molecule has 2 unspecified atom stereocenters. The van der Waals surface area contributed by atoms with Crippen LogP contribution in [0.3, 0.4) is 0 Å². The van der Waals surface area contributed by atoms with Gasteiger partial charge in [0.1, 0.15) is 5.75 Å². The van der Waals surface area contributed by atoms with Gasteiger partial charge in [0, 0.05) is 19.2 Å². The standard InChI is InChI=1S/C17H27NO2/c1-4-5-15(12-19-2)18-17(13-6-7-13)14-8-10-16(20-3)11-9-14/h8-11,13,15,17-18H,4-7,12H2,1-3H3. The van der Waals surface area contributed by atoms with E-state index in [9.17, 15) is 0 Å². The van der Waals surface area contributed by atoms with Gasteiger partial charge < -0.3 is 14.8 Å². The van der Waals surface area contributed by atoms with Gasteiger partial charge in [0.2, 0.25) is 0 Å². The largest absolute Gasteiger partial charge is 0.497 e. The predicted octanol–water partition coefficient (Wildman–Crippen LogP) is 3.55. The normalized spacial score (nSPS) is 17.8. The molecule has 0 aromatic heterocycles. The zero-order chi connectivity index (χ0) is 14.4. The molecule has 1 aromatic carbocycles. The molecule has 1 fully saturated rings. The van der Waals surface area contributed by atoms with Gasteiger partial charge in [-0.3, -0.25) is 0 Å². The first kappa shape index (κ1) is 15.3. The van der Waals surface area contributed by atoms with Crippen LogP contribution in [0.2, 0.25) is 0 Å². The molecule has 1 aromatic rings. The Morgan fingerprint density at radius 1 is 1.20 bits per heavy atom. The van der Waals surface area contributed by atoms with E-state index in [0.717, 1.165) is 24.7 Å². The second-order valence-electron chi connectivity index (χ2n) is 5.70. The van der Waals surface area contributed by atoms with Crippen LogP contribution >= 0.6 is 0 Å². The molecule has 0 spiro atoms. The van der Waals surface area contributed by atoms with Crippen LogP contribution in [0.4, 0.5) is 0 Å². The molecule has 20 heavy (non-hydrogen) atoms. The molecule has 0 heterocycles. The quantitative estimate of drug-likeness (QED) is 0.749. The monoisotopic (exact) mass is 277 g/mol. The molecule has 0 bridgehead atoms. The maximum absolute atomic E-state index is 5.35. The van der Waals surface area contributed by atoms with Gasteiger partial charge in [-0.15, -0.1) is 0 Å². The Morgan fingerprint density at radius 3 is 2.40 bits per heavy atom. The average molecular weight is 277 g/mol. The van der Waals surface area contributed by atoms with Crippen molar-refractivity contribution < 1.29 is 9.47 Å². The summed E-state index contributed by atoms with van der Waals surface area (Å²) >= 11 is 0. The fraction of sp³-hybridized carbons (Fsp3) is 0.647. The molecule has 1 aliphatic carbocycles. The number of rotatable bonds is 9. The summed E-state index contributed by atoms with van der Waals surface area (Å²) in [4.78, 5) is 0. The Kier molecular flexibility index (Phi) is 5.86. The van der Waals surface area contributed by atoms with Crippen molar-refractivity contribution in [1.82, 2.24) is 5.32 Å². The third-order valence-corrected chi connectivity index (χ3v) is 3.99. The van der Waals surface area contributed by atoms with Gasteiger partial charge in [0.15, 0.2) is 0 Å². The van der Waals surface area contributed by atoms with E-state index < -0.39 is 0 Å². The van der Waals surface area contributed by atoms with Gasteiger partial charge in [-0.2, -0.15) is 0 Å². The van der Waals surface area contributed by atoms with Crippen molar-refractivity contribution in [3.05, 3.63) is 29.8 Å². The van der Waals surface area contributed by atoms with Crippen molar-refractivity contribution in [2.24, 2.45) is 5.92 Å². The molecule has 3 heteroatoms. The molecular weight excluding hydrogens is 250 g/mol. The number of ether oxygens (including phenoxy) is 2. The van der Waals surface area contributed by atoms with Crippen molar-refractivity contribution in [1.29, 1.82) is 0 Å². The van der Waals surface area contributed by atoms with Gasteiger partial charge >= 0.3 is 0 Å². The lowest BCUT2D eigenvalue weighted by Gasteiger charge is -2.26. The minimum absolute atomic E-state index is 0.442. The van der Waals surface area contributed by atoms with E-state index in [0.29, 0.717) is 12.1 Å². The molecule has 0 saturated heterocycles. The lowest BCUT2D eigenvalue weighted by molar-refractivity contribution is 0.153. The topological polar surface area (TPSA) is 30.5 Å². The summed E-state index contributed by atoms with van der Waals surface area (Å²) in [5.74, 6) is 1.70. The maximum Gasteiger partial charge on any atom is 0.118 e. The van der Waals surface area contributed by atoms with Crippen LogP contribution in [0.25, 0.3) is 0 Å². The fourth-order valence-electron chi connectivity index (χ4n) is 2.76. The first-order chi connectivity index (χ1) is 9.78. The highest BCUT2D eigenvalue weighted by molar-refractivity contribution is 5.30. The van der Waals surface area contributed by atoms with Crippen molar-refractivity contribution >= 4 is 0 Å². The zero-order valence-corrected chi connectivity index (χ0v) is 12.9. The molecule has 0 amide bonds. The van der Waals surface area contributed by atoms with E-state index >= 15 is 0 Å². The fourth-order valence-corrected chi connectivity index (χ4v) is 2.76. The van der Waals surface area contributed by atoms with E-state index in [1.54, 1.807) is 14.2 Å². The molecular formula is C17H27NO2. The molecule has 2 rings (SSSR count). The van der Waals surface area contributed by atoms with E-state index in [4.69, 9.17) is 9.47 Å². The minimum Gasteiger partial charge on any atom is -0.497 e. The summed E-state index contributed by atoms with van der Waals surface area (Å²) in [6, 6.07) is 9.37. The Hall–Kier alpha value is -1.06. The van der Waals surface area contributed by atoms with Crippen LogP contribution in [0, 0.1) is 5.92 Å². The number of benzene rings is 1. The van der Waals surface area contributed by atoms with Gasteiger partial charge in [0.05, 0.1) is 13.7 Å². The predicted molar refractivity (Wildman–Crippen MR) is 82.2 cm³/mol. The van der Waals surface area contributed by atoms with Crippen LogP contribution < -0.4 is 10.1 Å². The summed E-state index contributed by atoms with van der Waals surface area (Å²) in [5.41, 5.74) is 1.37. The van der Waals surface area contributed by atoms with Crippen molar-refractivity contribution in [2.75, 3.05) is 20.8 Å². The first-order valence-corrected chi connectivity index (χ1v) is 7.67. The van der Waals surface area contributed by atoms with Gasteiger partial charge in [-0.1, -0.05) is 25.5 Å². The molecule has 112 valence electrons. The lowest BCUT2D eigenvalue weighted by Crippen LogP contribution is -2.37. The first-order valence-electron chi connectivity index (χ1n) is 7.67. The van der Waals surface area contributed by atoms with Crippen LogP contribution in [0.5, 0.6) is 5.75 Å². The third-order valence-electron chi connectivity index (χ3n) is 3.99. The summed E-state index contributed by atoms with van der Waals surface area (Å²) in [6.45, 7) is 3.01. The van der Waals surface area contributed by atoms with E-state index in [2.05, 4.69) is 36.5 Å². The SMILES string of the molecule is CCCC(COC)NC(c1ccc(OC)cc1)C1CC1. The molecule has 0 aliphatic heterocycles. The second kappa shape index (κ2) is 7.65. The van der Waals surface area contributed by atoms with Gasteiger partial charge in [-0.25, -0.2) is 0 Å². The van der Waals surface area contributed by atoms with Crippen molar-refractivity contribution in [3.8, 4) is 5.75 Å². The molecule has 2 atom stereocenters. The highest BCUT2D eigenvalue weighted by atomic mass is 16.5. The van der Waals surface area contributed by atoms with Crippen LogP contribution in [0.1, 0.15) is 44.2 Å². The molecule has 0 radical (unpaired) electrons. The molecule has 1 aliphatic rings. The third kappa shape index (κ3) is 4.22. The Morgan fingerprint density at radius 2 is 1.90 bits per heavy atom. The molecule has 1 saturated carbocycles. The Labute approximate surface area is 122 Å². The van der Waals surface area contributed by atoms with Crippen molar-refractivity contribution in [3.63, 3.8) is 0 Å². The number of nitrogens with one attached hydrogen (secondary N) is 1. The van der Waals surface area contributed by atoms with Gasteiger partial charge in [0.25, 0.3) is 0 Å². The van der Waals surface area contributed by atoms with E-state index in [1.807, 2.05) is 0 Å². The summed E-state index contributed by atoms with van der Waals surface area (Å²) in [6.07, 6.45) is 5.00.